The number of hydrogen-bond donors (Lipinski definition) is 1. The molecule has 0 aromatic carbocycles. The van der Waals surface area contributed by atoms with Crippen molar-refractivity contribution in [2.45, 2.75) is 32.7 Å². The summed E-state index contributed by atoms with van der Waals surface area (Å²) in [5.74, 6) is -1.01. The highest BCUT2D eigenvalue weighted by molar-refractivity contribution is 5.82. The summed E-state index contributed by atoms with van der Waals surface area (Å²) < 4.78 is 0. The lowest BCUT2D eigenvalue weighted by Crippen LogP contribution is -2.49. The summed E-state index contributed by atoms with van der Waals surface area (Å²) in [5.41, 5.74) is 0. The molecule has 0 aromatic rings. The fourth-order valence-electron chi connectivity index (χ4n) is 1.54. The first kappa shape index (κ1) is 15.2. The average Bonchev–Trinajstić information content (AvgIpc) is 2.29. The molecule has 0 aliphatic rings. The Hall–Kier alpha value is -1.77. The molecule has 2 amide bonds. The summed E-state index contributed by atoms with van der Waals surface area (Å²) in [7, 11) is 1.47. The highest BCUT2D eigenvalue weighted by atomic mass is 16.4. The third-order valence-electron chi connectivity index (χ3n) is 2.59. The van der Waals surface area contributed by atoms with Gasteiger partial charge in [0.05, 0.1) is 12.5 Å². The van der Waals surface area contributed by atoms with E-state index in [2.05, 4.69) is 0 Å². The van der Waals surface area contributed by atoms with Gasteiger partial charge in [0, 0.05) is 20.1 Å². The van der Waals surface area contributed by atoms with Gasteiger partial charge in [0.1, 0.15) is 6.04 Å². The Morgan fingerprint density at radius 1 is 1.41 bits per heavy atom. The molecule has 0 bridgehead atoms. The summed E-state index contributed by atoms with van der Waals surface area (Å²) in [6, 6.07) is 0.793. The summed E-state index contributed by atoms with van der Waals surface area (Å²) in [4.78, 5) is 25.6. The zero-order chi connectivity index (χ0) is 13.4. The SMILES string of the molecule is CCC(C(=O)O)N(C)C(=O)N(CC)CCC#N. The molecule has 0 saturated heterocycles. The van der Waals surface area contributed by atoms with Crippen LogP contribution < -0.4 is 0 Å². The third-order valence-corrected chi connectivity index (χ3v) is 2.59. The van der Waals surface area contributed by atoms with Crippen LogP contribution in [0.1, 0.15) is 26.7 Å². The number of carbonyl (C=O) groups excluding carboxylic acids is 1. The van der Waals surface area contributed by atoms with Gasteiger partial charge in [0.15, 0.2) is 0 Å². The van der Waals surface area contributed by atoms with Crippen molar-refractivity contribution in [3.8, 4) is 6.07 Å². The normalized spacial score (nSPS) is 11.4. The van der Waals surface area contributed by atoms with Crippen LogP contribution >= 0.6 is 0 Å². The van der Waals surface area contributed by atoms with Crippen LogP contribution in [0.4, 0.5) is 4.79 Å². The Labute approximate surface area is 101 Å². The number of aliphatic carboxylic acids is 1. The Balaban J connectivity index is 4.64. The number of urea groups is 1. The maximum absolute atomic E-state index is 12.0. The molecular weight excluding hydrogens is 222 g/mol. The second kappa shape index (κ2) is 7.49. The first-order valence-corrected chi connectivity index (χ1v) is 5.61. The molecule has 0 aromatic heterocycles. The van der Waals surface area contributed by atoms with E-state index in [1.165, 1.54) is 16.8 Å². The van der Waals surface area contributed by atoms with Crippen LogP contribution in [0.2, 0.25) is 0 Å². The fourth-order valence-corrected chi connectivity index (χ4v) is 1.54. The third kappa shape index (κ3) is 4.31. The molecule has 0 rings (SSSR count). The van der Waals surface area contributed by atoms with Crippen LogP contribution in [-0.2, 0) is 4.79 Å². The Morgan fingerprint density at radius 2 is 2.00 bits per heavy atom. The van der Waals surface area contributed by atoms with E-state index in [0.717, 1.165) is 0 Å². The molecule has 17 heavy (non-hydrogen) atoms. The molecule has 0 saturated carbocycles. The second-order valence-electron chi connectivity index (χ2n) is 3.64. The number of carboxylic acid groups (broad SMARTS) is 1. The van der Waals surface area contributed by atoms with Crippen molar-refractivity contribution in [2.75, 3.05) is 20.1 Å². The van der Waals surface area contributed by atoms with Crippen LogP contribution in [0, 0.1) is 11.3 Å². The smallest absolute Gasteiger partial charge is 0.326 e. The van der Waals surface area contributed by atoms with Crippen molar-refractivity contribution in [1.29, 1.82) is 5.26 Å². The van der Waals surface area contributed by atoms with Gasteiger partial charge in [0.2, 0.25) is 0 Å². The number of nitriles is 1. The van der Waals surface area contributed by atoms with Crippen molar-refractivity contribution < 1.29 is 14.7 Å². The summed E-state index contributed by atoms with van der Waals surface area (Å²) in [5, 5.41) is 17.4. The van der Waals surface area contributed by atoms with E-state index in [9.17, 15) is 9.59 Å². The zero-order valence-electron chi connectivity index (χ0n) is 10.5. The number of likely N-dealkylation sites (N-methyl/N-ethyl adjacent to an activating group) is 1. The van der Waals surface area contributed by atoms with E-state index in [-0.39, 0.29) is 12.5 Å². The average molecular weight is 241 g/mol. The predicted molar refractivity (Wildman–Crippen MR) is 62.4 cm³/mol. The van der Waals surface area contributed by atoms with Crippen LogP contribution in [0.3, 0.4) is 0 Å². The molecule has 1 unspecified atom stereocenters. The molecule has 0 fully saturated rings. The molecule has 0 heterocycles. The Morgan fingerprint density at radius 3 is 2.35 bits per heavy atom. The minimum atomic E-state index is -1.01. The molecule has 1 N–H and O–H groups in total. The zero-order valence-corrected chi connectivity index (χ0v) is 10.5. The molecule has 0 spiro atoms. The first-order chi connectivity index (χ1) is 7.99. The van der Waals surface area contributed by atoms with E-state index in [4.69, 9.17) is 10.4 Å². The monoisotopic (exact) mass is 241 g/mol. The number of carboxylic acids is 1. The van der Waals surface area contributed by atoms with E-state index < -0.39 is 12.0 Å². The molecule has 0 aliphatic heterocycles. The van der Waals surface area contributed by atoms with E-state index in [1.54, 1.807) is 13.8 Å². The van der Waals surface area contributed by atoms with Gasteiger partial charge in [-0.15, -0.1) is 0 Å². The molecule has 96 valence electrons. The van der Waals surface area contributed by atoms with Gasteiger partial charge in [-0.25, -0.2) is 9.59 Å². The lowest BCUT2D eigenvalue weighted by atomic mass is 10.2. The lowest BCUT2D eigenvalue weighted by molar-refractivity contribution is -0.142. The predicted octanol–water partition coefficient (Wildman–Crippen LogP) is 1.14. The number of amides is 2. The Kier molecular flexibility index (Phi) is 6.71. The lowest BCUT2D eigenvalue weighted by Gasteiger charge is -2.30. The van der Waals surface area contributed by atoms with E-state index in [1.807, 2.05) is 6.07 Å². The standard InChI is InChI=1S/C11H19N3O3/c1-4-9(10(15)16)13(3)11(17)14(5-2)8-6-7-12/h9H,4-6,8H2,1-3H3,(H,15,16). The van der Waals surface area contributed by atoms with Crippen molar-refractivity contribution >= 4 is 12.0 Å². The Bertz CT molecular complexity index is 312. The largest absolute Gasteiger partial charge is 0.480 e. The second-order valence-corrected chi connectivity index (χ2v) is 3.64. The molecule has 1 atom stereocenters. The van der Waals surface area contributed by atoms with Crippen LogP contribution in [-0.4, -0.2) is 53.1 Å². The van der Waals surface area contributed by atoms with E-state index in [0.29, 0.717) is 19.5 Å². The molecular formula is C11H19N3O3. The van der Waals surface area contributed by atoms with Crippen LogP contribution in [0.25, 0.3) is 0 Å². The molecule has 0 radical (unpaired) electrons. The van der Waals surface area contributed by atoms with Gasteiger partial charge in [-0.3, -0.25) is 0 Å². The summed E-state index contributed by atoms with van der Waals surface area (Å²) >= 11 is 0. The maximum Gasteiger partial charge on any atom is 0.326 e. The summed E-state index contributed by atoms with van der Waals surface area (Å²) in [6.45, 7) is 4.30. The quantitative estimate of drug-likeness (QED) is 0.755. The van der Waals surface area contributed by atoms with Crippen molar-refractivity contribution in [3.63, 3.8) is 0 Å². The topological polar surface area (TPSA) is 84.6 Å². The molecule has 6 nitrogen and oxygen atoms in total. The maximum atomic E-state index is 12.0. The van der Waals surface area contributed by atoms with Gasteiger partial charge in [-0.2, -0.15) is 5.26 Å². The highest BCUT2D eigenvalue weighted by Crippen LogP contribution is 2.07. The van der Waals surface area contributed by atoms with Gasteiger partial charge < -0.3 is 14.9 Å². The summed E-state index contributed by atoms with van der Waals surface area (Å²) in [6.07, 6.45) is 0.602. The van der Waals surface area contributed by atoms with Crippen molar-refractivity contribution in [1.82, 2.24) is 9.80 Å². The number of hydrogen-bond acceptors (Lipinski definition) is 3. The molecule has 0 aliphatic carbocycles. The van der Waals surface area contributed by atoms with Crippen molar-refractivity contribution in [3.05, 3.63) is 0 Å². The fraction of sp³-hybridized carbons (Fsp3) is 0.727. The number of rotatable bonds is 6. The number of carbonyl (C=O) groups is 2. The molecule has 6 heteroatoms. The number of nitrogens with zero attached hydrogens (tertiary/aromatic N) is 3. The van der Waals surface area contributed by atoms with Gasteiger partial charge in [-0.05, 0) is 13.3 Å². The van der Waals surface area contributed by atoms with Crippen LogP contribution in [0.5, 0.6) is 0 Å². The van der Waals surface area contributed by atoms with Gasteiger partial charge in [0.25, 0.3) is 0 Å². The highest BCUT2D eigenvalue weighted by Gasteiger charge is 2.27. The van der Waals surface area contributed by atoms with Gasteiger partial charge >= 0.3 is 12.0 Å². The van der Waals surface area contributed by atoms with Crippen molar-refractivity contribution in [2.24, 2.45) is 0 Å². The van der Waals surface area contributed by atoms with Gasteiger partial charge in [-0.1, -0.05) is 6.92 Å². The first-order valence-electron chi connectivity index (χ1n) is 5.61. The van der Waals surface area contributed by atoms with Crippen LogP contribution in [0.15, 0.2) is 0 Å². The minimum absolute atomic E-state index is 0.247. The minimum Gasteiger partial charge on any atom is -0.480 e. The van der Waals surface area contributed by atoms with E-state index >= 15 is 0 Å².